The molecule has 6 aromatic rings. The standard InChI is InChI=1S/C20H14F2NO.C18H24NSi.Ir/c1-11(2)16-9-18(23-10-17(16)22)15-5-3-4-14-13-7-6-12(21)8-19(13)24-20(14)15;1-14(2)11-16-12-17(15-9-7-6-8-10-15)19-13-18(16)20(3,4)5;/h3-4,6-11H,1-2H3;6-9,12-14H,11H2,1-5H3;/q2*-1;/i11D;;. The fourth-order valence-electron chi connectivity index (χ4n) is 5.35. The van der Waals surface area contributed by atoms with Crippen molar-refractivity contribution in [3.05, 3.63) is 114 Å². The maximum atomic E-state index is 14.0. The van der Waals surface area contributed by atoms with Crippen LogP contribution in [-0.4, -0.2) is 18.0 Å². The molecular weight excluding hydrogens is 759 g/mol. The number of aromatic nitrogens is 2. The van der Waals surface area contributed by atoms with E-state index in [2.05, 4.69) is 73.9 Å². The van der Waals surface area contributed by atoms with Crippen molar-refractivity contribution in [2.75, 3.05) is 0 Å². The van der Waals surface area contributed by atoms with E-state index >= 15 is 0 Å². The molecule has 235 valence electrons. The van der Waals surface area contributed by atoms with Crippen LogP contribution in [0.3, 0.4) is 0 Å². The smallest absolute Gasteiger partial charge is 0.143 e. The zero-order valence-electron chi connectivity index (χ0n) is 27.7. The Morgan fingerprint density at radius 3 is 2.29 bits per heavy atom. The average molecular weight is 798 g/mol. The van der Waals surface area contributed by atoms with Crippen LogP contribution in [0.15, 0.2) is 83.5 Å². The molecule has 0 aliphatic rings. The van der Waals surface area contributed by atoms with Gasteiger partial charge in [0.15, 0.2) is 0 Å². The summed E-state index contributed by atoms with van der Waals surface area (Å²) >= 11 is 0. The van der Waals surface area contributed by atoms with Crippen LogP contribution in [0.4, 0.5) is 8.78 Å². The van der Waals surface area contributed by atoms with Crippen molar-refractivity contribution >= 4 is 35.2 Å². The van der Waals surface area contributed by atoms with Crippen molar-refractivity contribution in [1.29, 1.82) is 0 Å². The monoisotopic (exact) mass is 798 g/mol. The minimum absolute atomic E-state index is 0. The molecule has 45 heavy (non-hydrogen) atoms. The first-order valence-corrected chi connectivity index (χ1v) is 18.4. The SMILES string of the molecule is CC(C)Cc1cc(-c2[c-]cccc2)ncc1[Si](C)(C)C.[2H]C(C)(C)c1cc(-c2[c-]ccc3c2oc2cc(F)ccc23)ncc1F.[Ir]. The van der Waals surface area contributed by atoms with Crippen LogP contribution in [0.2, 0.25) is 19.6 Å². The van der Waals surface area contributed by atoms with Gasteiger partial charge in [0.2, 0.25) is 0 Å². The number of hydrogen-bond acceptors (Lipinski definition) is 3. The van der Waals surface area contributed by atoms with Gasteiger partial charge in [-0.2, -0.15) is 0 Å². The molecule has 0 saturated carbocycles. The fourth-order valence-corrected chi connectivity index (χ4v) is 6.93. The predicted octanol–water partition coefficient (Wildman–Crippen LogP) is 10.1. The van der Waals surface area contributed by atoms with Crippen LogP contribution in [0.25, 0.3) is 44.5 Å². The molecule has 6 rings (SSSR count). The summed E-state index contributed by atoms with van der Waals surface area (Å²) in [6.45, 7) is 15.0. The predicted molar refractivity (Wildman–Crippen MR) is 180 cm³/mol. The van der Waals surface area contributed by atoms with Gasteiger partial charge in [0, 0.05) is 39.1 Å². The van der Waals surface area contributed by atoms with Crippen LogP contribution < -0.4 is 5.19 Å². The molecule has 0 amide bonds. The molecule has 0 spiro atoms. The van der Waals surface area contributed by atoms with E-state index in [4.69, 9.17) is 5.79 Å². The first-order valence-electron chi connectivity index (χ1n) is 15.4. The van der Waals surface area contributed by atoms with Gasteiger partial charge < -0.3 is 14.4 Å². The third kappa shape index (κ3) is 7.83. The summed E-state index contributed by atoms with van der Waals surface area (Å²) in [5.74, 6) is -1.34. The zero-order valence-corrected chi connectivity index (χ0v) is 30.1. The van der Waals surface area contributed by atoms with Crippen LogP contribution in [0.1, 0.15) is 46.1 Å². The number of pyridine rings is 2. The van der Waals surface area contributed by atoms with Crippen LogP contribution in [-0.2, 0) is 26.5 Å². The maximum Gasteiger partial charge on any atom is 0.143 e. The molecule has 0 aliphatic carbocycles. The van der Waals surface area contributed by atoms with Crippen molar-refractivity contribution in [3.63, 3.8) is 0 Å². The number of fused-ring (bicyclic) bond motifs is 3. The summed E-state index contributed by atoms with van der Waals surface area (Å²) in [5, 5.41) is 3.09. The van der Waals surface area contributed by atoms with Crippen LogP contribution in [0.5, 0.6) is 0 Å². The summed E-state index contributed by atoms with van der Waals surface area (Å²) in [4.78, 5) is 8.82. The van der Waals surface area contributed by atoms with Gasteiger partial charge in [-0.15, -0.1) is 54.1 Å². The third-order valence-electron chi connectivity index (χ3n) is 7.46. The van der Waals surface area contributed by atoms with E-state index < -0.39 is 19.8 Å². The Bertz CT molecular complexity index is 1960. The molecular formula is C38H38F2IrN2OSi-2. The van der Waals surface area contributed by atoms with E-state index in [0.29, 0.717) is 28.3 Å². The molecule has 0 aliphatic heterocycles. The molecule has 0 bridgehead atoms. The topological polar surface area (TPSA) is 38.9 Å². The van der Waals surface area contributed by atoms with E-state index in [1.54, 1.807) is 32.0 Å². The van der Waals surface area contributed by atoms with Gasteiger partial charge in [0.1, 0.15) is 17.2 Å². The van der Waals surface area contributed by atoms with Crippen molar-refractivity contribution in [2.24, 2.45) is 5.92 Å². The summed E-state index contributed by atoms with van der Waals surface area (Å²) in [6, 6.07) is 26.2. The summed E-state index contributed by atoms with van der Waals surface area (Å²) in [6.07, 6.45) is 4.35. The van der Waals surface area contributed by atoms with E-state index in [1.807, 2.05) is 24.3 Å². The minimum Gasteiger partial charge on any atom is -0.500 e. The summed E-state index contributed by atoms with van der Waals surface area (Å²) in [7, 11) is -1.34. The molecule has 3 heterocycles. The van der Waals surface area contributed by atoms with Crippen molar-refractivity contribution in [1.82, 2.24) is 9.97 Å². The number of halogens is 2. The van der Waals surface area contributed by atoms with Crippen molar-refractivity contribution in [3.8, 4) is 22.5 Å². The van der Waals surface area contributed by atoms with Gasteiger partial charge in [-0.05, 0) is 52.5 Å². The Morgan fingerprint density at radius 2 is 1.62 bits per heavy atom. The second-order valence-corrected chi connectivity index (χ2v) is 17.8. The molecule has 3 aromatic carbocycles. The minimum atomic E-state index is -1.34. The van der Waals surface area contributed by atoms with Crippen molar-refractivity contribution < 1.29 is 34.7 Å². The second-order valence-electron chi connectivity index (χ2n) is 12.7. The van der Waals surface area contributed by atoms with Crippen molar-refractivity contribution in [2.45, 2.75) is 59.7 Å². The van der Waals surface area contributed by atoms with E-state index in [0.717, 1.165) is 34.6 Å². The number of hydrogen-bond donors (Lipinski definition) is 0. The van der Waals surface area contributed by atoms with Gasteiger partial charge >= 0.3 is 0 Å². The molecule has 3 nitrogen and oxygen atoms in total. The molecule has 3 aromatic heterocycles. The summed E-state index contributed by atoms with van der Waals surface area (Å²) < 4.78 is 41.5. The van der Waals surface area contributed by atoms with E-state index in [1.165, 1.54) is 22.9 Å². The van der Waals surface area contributed by atoms with Gasteiger partial charge in [0.05, 0.1) is 19.9 Å². The fraction of sp³-hybridized carbons (Fsp3) is 0.263. The quantitative estimate of drug-likeness (QED) is 0.125. The normalized spacial score (nSPS) is 12.1. The third-order valence-corrected chi connectivity index (χ3v) is 9.52. The van der Waals surface area contributed by atoms with E-state index in [-0.39, 0.29) is 31.5 Å². The average Bonchev–Trinajstić information content (AvgIpc) is 3.34. The number of furan rings is 1. The van der Waals surface area contributed by atoms with Gasteiger partial charge in [-0.1, -0.05) is 76.0 Å². The number of rotatable bonds is 6. The maximum absolute atomic E-state index is 14.0. The molecule has 0 fully saturated rings. The number of nitrogens with zero attached hydrogens (tertiary/aromatic N) is 2. The van der Waals surface area contributed by atoms with Gasteiger partial charge in [0.25, 0.3) is 0 Å². The molecule has 7 heteroatoms. The molecule has 0 unspecified atom stereocenters. The molecule has 1 radical (unpaired) electrons. The second kappa shape index (κ2) is 14.3. The van der Waals surface area contributed by atoms with Crippen LogP contribution in [0, 0.1) is 29.7 Å². The van der Waals surface area contributed by atoms with Gasteiger partial charge in [-0.3, -0.25) is 0 Å². The largest absolute Gasteiger partial charge is 0.500 e. The Hall–Kier alpha value is -3.51. The Kier molecular flexibility index (Phi) is 10.4. The Balaban J connectivity index is 0.000000210. The summed E-state index contributed by atoms with van der Waals surface area (Å²) in [5.41, 5.74) is 5.80. The molecule has 0 N–H and O–H groups in total. The Morgan fingerprint density at radius 1 is 0.867 bits per heavy atom. The van der Waals surface area contributed by atoms with E-state index in [9.17, 15) is 8.78 Å². The van der Waals surface area contributed by atoms with Gasteiger partial charge in [-0.25, -0.2) is 8.78 Å². The first kappa shape index (κ1) is 32.9. The first-order chi connectivity index (χ1) is 21.2. The number of benzene rings is 3. The zero-order chi connectivity index (χ0) is 32.5. The Labute approximate surface area is 280 Å². The molecule has 0 saturated heterocycles. The molecule has 0 atom stereocenters. The van der Waals surface area contributed by atoms with Crippen LogP contribution >= 0.6 is 0 Å².